The molecule has 1 unspecified atom stereocenters. The fraction of sp³-hybridized carbons (Fsp3) is 0.429. The van der Waals surface area contributed by atoms with Crippen LogP contribution in [0.4, 0.5) is 0 Å². The number of methoxy groups -OCH3 is 1. The Morgan fingerprint density at radius 3 is 2.81 bits per heavy atom. The molecule has 0 aliphatic rings. The number of furan rings is 1. The maximum absolute atomic E-state index is 10.9. The molecule has 1 aromatic carbocycles. The van der Waals surface area contributed by atoms with E-state index in [0.717, 1.165) is 35.8 Å². The van der Waals surface area contributed by atoms with Crippen molar-refractivity contribution < 1.29 is 19.2 Å². The van der Waals surface area contributed by atoms with Gasteiger partial charge in [-0.1, -0.05) is 12.1 Å². The highest BCUT2D eigenvalue weighted by molar-refractivity contribution is 7.98. The van der Waals surface area contributed by atoms with E-state index >= 15 is 0 Å². The molecule has 170 valence electrons. The predicted octanol–water partition coefficient (Wildman–Crippen LogP) is 2.57. The summed E-state index contributed by atoms with van der Waals surface area (Å²) in [5.41, 5.74) is 0.662. The Kier molecular flexibility index (Phi) is 10.2. The molecule has 0 saturated carbocycles. The van der Waals surface area contributed by atoms with Crippen molar-refractivity contribution in [3.63, 3.8) is 0 Å². The van der Waals surface area contributed by atoms with Gasteiger partial charge in [0.25, 0.3) is 6.20 Å². The number of ether oxygens (including phenoxy) is 1. The highest BCUT2D eigenvalue weighted by Gasteiger charge is 2.11. The SMILES string of the molecule is COc1cccc(C(O)CNC(=C[N+](=O)[O-])NCCSCc2ccc(CN(C)C)o2)c1. The average molecular weight is 451 g/mol. The van der Waals surface area contributed by atoms with Gasteiger partial charge in [0.15, 0.2) is 5.82 Å². The highest BCUT2D eigenvalue weighted by atomic mass is 32.2. The maximum atomic E-state index is 10.9. The summed E-state index contributed by atoms with van der Waals surface area (Å²) in [5.74, 6) is 4.18. The van der Waals surface area contributed by atoms with Gasteiger partial charge in [-0.25, -0.2) is 0 Å². The summed E-state index contributed by atoms with van der Waals surface area (Å²) < 4.78 is 10.9. The van der Waals surface area contributed by atoms with Crippen molar-refractivity contribution in [2.24, 2.45) is 0 Å². The van der Waals surface area contributed by atoms with E-state index in [1.54, 1.807) is 43.1 Å². The zero-order valence-electron chi connectivity index (χ0n) is 18.0. The van der Waals surface area contributed by atoms with Crippen LogP contribution < -0.4 is 15.4 Å². The Balaban J connectivity index is 1.75. The molecular weight excluding hydrogens is 420 g/mol. The normalized spacial score (nSPS) is 12.6. The minimum Gasteiger partial charge on any atom is -0.497 e. The molecule has 3 N–H and O–H groups in total. The minimum atomic E-state index is -0.836. The van der Waals surface area contributed by atoms with Crippen LogP contribution in [-0.4, -0.2) is 55.0 Å². The van der Waals surface area contributed by atoms with Gasteiger partial charge in [-0.2, -0.15) is 11.8 Å². The van der Waals surface area contributed by atoms with Crippen LogP contribution >= 0.6 is 11.8 Å². The fourth-order valence-electron chi connectivity index (χ4n) is 2.76. The van der Waals surface area contributed by atoms with Crippen molar-refractivity contribution in [1.82, 2.24) is 15.5 Å². The van der Waals surface area contributed by atoms with Gasteiger partial charge in [0, 0.05) is 18.8 Å². The van der Waals surface area contributed by atoms with Crippen LogP contribution in [0, 0.1) is 10.1 Å². The smallest absolute Gasteiger partial charge is 0.274 e. The Labute approximate surface area is 186 Å². The third-order valence-corrected chi connectivity index (χ3v) is 5.18. The minimum absolute atomic E-state index is 0.119. The molecule has 0 saturated heterocycles. The topological polar surface area (TPSA) is 113 Å². The third-order valence-electron chi connectivity index (χ3n) is 4.19. The van der Waals surface area contributed by atoms with E-state index in [1.165, 1.54) is 0 Å². The van der Waals surface area contributed by atoms with Gasteiger partial charge in [-0.05, 0) is 43.9 Å². The second-order valence-corrected chi connectivity index (χ2v) is 8.19. The number of hydrogen-bond donors (Lipinski definition) is 3. The van der Waals surface area contributed by atoms with E-state index in [4.69, 9.17) is 9.15 Å². The van der Waals surface area contributed by atoms with Gasteiger partial charge in [-0.3, -0.25) is 10.1 Å². The van der Waals surface area contributed by atoms with E-state index in [9.17, 15) is 15.2 Å². The van der Waals surface area contributed by atoms with E-state index in [0.29, 0.717) is 17.9 Å². The fourth-order valence-corrected chi connectivity index (χ4v) is 3.51. The van der Waals surface area contributed by atoms with Crippen molar-refractivity contribution in [2.75, 3.05) is 40.0 Å². The lowest BCUT2D eigenvalue weighted by Gasteiger charge is -2.16. The van der Waals surface area contributed by atoms with Crippen molar-refractivity contribution >= 4 is 11.8 Å². The molecule has 31 heavy (non-hydrogen) atoms. The largest absolute Gasteiger partial charge is 0.497 e. The van der Waals surface area contributed by atoms with Crippen molar-refractivity contribution in [3.8, 4) is 5.75 Å². The Bertz CT molecular complexity index is 856. The third kappa shape index (κ3) is 9.33. The van der Waals surface area contributed by atoms with Gasteiger partial charge in [0.2, 0.25) is 0 Å². The summed E-state index contributed by atoms with van der Waals surface area (Å²) in [6.45, 7) is 1.40. The van der Waals surface area contributed by atoms with Crippen LogP contribution in [0.15, 0.2) is 52.8 Å². The first-order valence-corrected chi connectivity index (χ1v) is 11.0. The summed E-state index contributed by atoms with van der Waals surface area (Å²) in [4.78, 5) is 12.4. The molecule has 9 nitrogen and oxygen atoms in total. The summed E-state index contributed by atoms with van der Waals surface area (Å²) >= 11 is 1.67. The number of aliphatic hydroxyl groups excluding tert-OH is 1. The first-order chi connectivity index (χ1) is 14.9. The zero-order chi connectivity index (χ0) is 22.6. The highest BCUT2D eigenvalue weighted by Crippen LogP contribution is 2.19. The monoisotopic (exact) mass is 450 g/mol. The summed E-state index contributed by atoms with van der Waals surface area (Å²) in [5, 5.41) is 27.2. The first-order valence-electron chi connectivity index (χ1n) is 9.82. The van der Waals surface area contributed by atoms with Gasteiger partial charge >= 0.3 is 0 Å². The number of thioether (sulfide) groups is 1. The lowest BCUT2D eigenvalue weighted by Crippen LogP contribution is -2.31. The van der Waals surface area contributed by atoms with Crippen LogP contribution in [-0.2, 0) is 12.3 Å². The quantitative estimate of drug-likeness (QED) is 0.227. The standard InChI is InChI=1S/C21H30N4O5S/c1-24(2)13-18-7-8-19(30-18)15-31-10-9-22-21(14-25(27)28)23-12-20(26)16-5-4-6-17(11-16)29-3/h4-8,11,14,20,22-23,26H,9-10,12-13,15H2,1-3H3. The Hall–Kier alpha value is -2.69. The molecule has 2 aromatic rings. The molecule has 10 heteroatoms. The van der Waals surface area contributed by atoms with Crippen LogP contribution in [0.25, 0.3) is 0 Å². The number of hydrogen-bond acceptors (Lipinski definition) is 9. The van der Waals surface area contributed by atoms with Crippen LogP contribution in [0.1, 0.15) is 23.2 Å². The molecule has 0 fully saturated rings. The van der Waals surface area contributed by atoms with E-state index in [2.05, 4.69) is 10.6 Å². The number of nitro groups is 1. The van der Waals surface area contributed by atoms with Crippen LogP contribution in [0.5, 0.6) is 5.75 Å². The lowest BCUT2D eigenvalue weighted by atomic mass is 10.1. The predicted molar refractivity (Wildman–Crippen MR) is 121 cm³/mol. The molecule has 0 spiro atoms. The number of aliphatic hydroxyl groups is 1. The molecule has 2 rings (SSSR count). The molecule has 0 aliphatic heterocycles. The van der Waals surface area contributed by atoms with Gasteiger partial charge in [-0.15, -0.1) is 0 Å². The molecule has 0 aliphatic carbocycles. The molecule has 1 heterocycles. The summed E-state index contributed by atoms with van der Waals surface area (Å²) in [6, 6.07) is 11.0. The van der Waals surface area contributed by atoms with E-state index < -0.39 is 11.0 Å². The number of nitrogens with one attached hydrogen (secondary N) is 2. The summed E-state index contributed by atoms with van der Waals surface area (Å²) in [7, 11) is 5.53. The second-order valence-electron chi connectivity index (χ2n) is 7.09. The molecule has 0 radical (unpaired) electrons. The molecule has 0 bridgehead atoms. The number of nitrogens with zero attached hydrogens (tertiary/aromatic N) is 2. The number of rotatable bonds is 14. The average Bonchev–Trinajstić information content (AvgIpc) is 3.17. The van der Waals surface area contributed by atoms with Crippen LogP contribution in [0.3, 0.4) is 0 Å². The maximum Gasteiger partial charge on any atom is 0.274 e. The molecule has 1 atom stereocenters. The lowest BCUT2D eigenvalue weighted by molar-refractivity contribution is -0.404. The van der Waals surface area contributed by atoms with Crippen LogP contribution in [0.2, 0.25) is 0 Å². The Morgan fingerprint density at radius 2 is 2.10 bits per heavy atom. The van der Waals surface area contributed by atoms with E-state index in [1.807, 2.05) is 31.1 Å². The van der Waals surface area contributed by atoms with Gasteiger partial charge in [0.05, 0.1) is 30.4 Å². The van der Waals surface area contributed by atoms with E-state index in [-0.39, 0.29) is 12.4 Å². The molecular formula is C21H30N4O5S. The van der Waals surface area contributed by atoms with Crippen molar-refractivity contribution in [1.29, 1.82) is 0 Å². The van der Waals surface area contributed by atoms with Gasteiger partial charge < -0.3 is 29.8 Å². The first kappa shape index (κ1) is 24.6. The van der Waals surface area contributed by atoms with Crippen molar-refractivity contribution in [3.05, 3.63) is 75.6 Å². The second kappa shape index (κ2) is 12.9. The zero-order valence-corrected chi connectivity index (χ0v) is 18.9. The molecule has 0 amide bonds. The number of benzene rings is 1. The van der Waals surface area contributed by atoms with Crippen molar-refractivity contribution in [2.45, 2.75) is 18.4 Å². The molecule has 1 aromatic heterocycles. The van der Waals surface area contributed by atoms with Gasteiger partial charge in [0.1, 0.15) is 17.3 Å². The Morgan fingerprint density at radius 1 is 1.32 bits per heavy atom. The summed E-state index contributed by atoms with van der Waals surface area (Å²) in [6.07, 6.45) is 0.0278.